The third kappa shape index (κ3) is 2.58. The van der Waals surface area contributed by atoms with Crippen molar-refractivity contribution in [1.82, 2.24) is 0 Å². The lowest BCUT2D eigenvalue weighted by molar-refractivity contribution is -0.112. The highest BCUT2D eigenvalue weighted by Gasteiger charge is 2.33. The molecule has 1 unspecified atom stereocenters. The first kappa shape index (κ1) is 12.2. The van der Waals surface area contributed by atoms with Gasteiger partial charge in [0.15, 0.2) is 0 Å². The van der Waals surface area contributed by atoms with Gasteiger partial charge in [0.25, 0.3) is 0 Å². The second-order valence-corrected chi connectivity index (χ2v) is 5.75. The van der Waals surface area contributed by atoms with E-state index in [1.54, 1.807) is 0 Å². The molecule has 1 atom stereocenters. The van der Waals surface area contributed by atoms with E-state index in [-0.39, 0.29) is 10.8 Å². The topological polar surface area (TPSA) is 17.1 Å². The number of rotatable bonds is 3. The molecular weight excluding hydrogens is 184 g/mol. The number of hydrogen-bond acceptors (Lipinski definition) is 1. The summed E-state index contributed by atoms with van der Waals surface area (Å²) < 4.78 is 0. The number of allylic oxidation sites excluding steroid dienone is 4. The summed E-state index contributed by atoms with van der Waals surface area (Å²) in [6, 6.07) is 0. The first-order valence-corrected chi connectivity index (χ1v) is 5.62. The van der Waals surface area contributed by atoms with Gasteiger partial charge in [-0.25, -0.2) is 0 Å². The fraction of sp³-hybridized carbons (Fsp3) is 0.643. The molecule has 1 aliphatic carbocycles. The Hall–Kier alpha value is -0.850. The summed E-state index contributed by atoms with van der Waals surface area (Å²) in [5.74, 6) is 0.539. The van der Waals surface area contributed by atoms with E-state index < -0.39 is 0 Å². The van der Waals surface area contributed by atoms with Gasteiger partial charge in [-0.3, -0.25) is 0 Å². The van der Waals surface area contributed by atoms with Gasteiger partial charge < -0.3 is 4.79 Å². The van der Waals surface area contributed by atoms with Crippen molar-refractivity contribution in [3.63, 3.8) is 0 Å². The van der Waals surface area contributed by atoms with Crippen molar-refractivity contribution < 1.29 is 4.79 Å². The normalized spacial score (nSPS) is 25.7. The van der Waals surface area contributed by atoms with Crippen LogP contribution in [0.25, 0.3) is 0 Å². The quantitative estimate of drug-likeness (QED) is 0.507. The van der Waals surface area contributed by atoms with Crippen LogP contribution < -0.4 is 0 Å². The fourth-order valence-electron chi connectivity index (χ4n) is 1.88. The van der Waals surface area contributed by atoms with Gasteiger partial charge in [0.2, 0.25) is 0 Å². The van der Waals surface area contributed by atoms with Gasteiger partial charge in [-0.05, 0) is 38.5 Å². The van der Waals surface area contributed by atoms with Crippen LogP contribution >= 0.6 is 0 Å². The lowest BCUT2D eigenvalue weighted by Gasteiger charge is -2.28. The van der Waals surface area contributed by atoms with E-state index in [0.29, 0.717) is 5.92 Å². The van der Waals surface area contributed by atoms with Crippen molar-refractivity contribution in [3.8, 4) is 0 Å². The van der Waals surface area contributed by atoms with Crippen LogP contribution in [0.4, 0.5) is 0 Å². The molecule has 0 fully saturated rings. The molecule has 0 aromatic carbocycles. The minimum absolute atomic E-state index is 0.246. The number of hydrogen-bond donors (Lipinski definition) is 0. The summed E-state index contributed by atoms with van der Waals surface area (Å²) in [4.78, 5) is 10.8. The van der Waals surface area contributed by atoms with Crippen LogP contribution in [-0.2, 0) is 4.79 Å². The van der Waals surface area contributed by atoms with E-state index in [4.69, 9.17) is 0 Å². The lowest BCUT2D eigenvalue weighted by atomic mass is 9.77. The highest BCUT2D eigenvalue weighted by atomic mass is 16.1. The molecule has 1 heteroatoms. The second-order valence-electron chi connectivity index (χ2n) is 5.75. The number of carbonyl (C=O) groups excluding carboxylic acids is 1. The standard InChI is InChI=1S/C14H22O/c1-11-6-7-12(14(11,4)5)8-9-13(2,3)10-15/h6,8-10,12H,7H2,1-5H3. The molecular formula is C14H22O. The van der Waals surface area contributed by atoms with Crippen molar-refractivity contribution in [2.75, 3.05) is 0 Å². The maximum absolute atomic E-state index is 10.8. The molecule has 1 nitrogen and oxygen atoms in total. The molecule has 0 aromatic rings. The summed E-state index contributed by atoms with van der Waals surface area (Å²) in [6.45, 7) is 10.6. The molecule has 0 bridgehead atoms. The first-order chi connectivity index (χ1) is 6.79. The fourth-order valence-corrected chi connectivity index (χ4v) is 1.88. The molecule has 0 amide bonds. The van der Waals surface area contributed by atoms with Crippen molar-refractivity contribution in [2.45, 2.75) is 41.0 Å². The average molecular weight is 206 g/mol. The van der Waals surface area contributed by atoms with Crippen LogP contribution in [0.3, 0.4) is 0 Å². The van der Waals surface area contributed by atoms with Crippen LogP contribution in [0.15, 0.2) is 23.8 Å². The smallest absolute Gasteiger partial charge is 0.129 e. The number of aldehydes is 1. The van der Waals surface area contributed by atoms with Gasteiger partial charge >= 0.3 is 0 Å². The Bertz CT molecular complexity index is 305. The molecule has 0 aromatic heterocycles. The largest absolute Gasteiger partial charge is 0.302 e. The summed E-state index contributed by atoms with van der Waals surface area (Å²) in [5, 5.41) is 0. The van der Waals surface area contributed by atoms with Crippen molar-refractivity contribution in [3.05, 3.63) is 23.8 Å². The van der Waals surface area contributed by atoms with Crippen molar-refractivity contribution in [2.24, 2.45) is 16.7 Å². The van der Waals surface area contributed by atoms with E-state index in [0.717, 1.165) is 12.7 Å². The van der Waals surface area contributed by atoms with Crippen LogP contribution in [-0.4, -0.2) is 6.29 Å². The van der Waals surface area contributed by atoms with E-state index in [2.05, 4.69) is 32.9 Å². The van der Waals surface area contributed by atoms with Gasteiger partial charge in [0.05, 0.1) is 0 Å². The van der Waals surface area contributed by atoms with E-state index in [1.807, 2.05) is 19.9 Å². The molecule has 1 aliphatic rings. The van der Waals surface area contributed by atoms with E-state index in [1.165, 1.54) is 5.57 Å². The Kier molecular flexibility index (Phi) is 3.22. The van der Waals surface area contributed by atoms with Gasteiger partial charge in [-0.1, -0.05) is 37.6 Å². The Morgan fingerprint density at radius 1 is 1.47 bits per heavy atom. The third-order valence-electron chi connectivity index (χ3n) is 3.68. The third-order valence-corrected chi connectivity index (χ3v) is 3.68. The minimum Gasteiger partial charge on any atom is -0.302 e. The number of carbonyl (C=O) groups is 1. The summed E-state index contributed by atoms with van der Waals surface area (Å²) in [5.41, 5.74) is 1.38. The minimum atomic E-state index is -0.327. The Labute approximate surface area is 93.3 Å². The zero-order valence-corrected chi connectivity index (χ0v) is 10.5. The zero-order valence-electron chi connectivity index (χ0n) is 10.5. The summed E-state index contributed by atoms with van der Waals surface area (Å²) in [7, 11) is 0. The molecule has 0 heterocycles. The van der Waals surface area contributed by atoms with Crippen LogP contribution in [0.2, 0.25) is 0 Å². The van der Waals surface area contributed by atoms with Gasteiger partial charge in [0.1, 0.15) is 6.29 Å². The van der Waals surface area contributed by atoms with Crippen molar-refractivity contribution >= 4 is 6.29 Å². The Morgan fingerprint density at radius 3 is 2.47 bits per heavy atom. The highest BCUT2D eigenvalue weighted by Crippen LogP contribution is 2.43. The second kappa shape index (κ2) is 3.96. The molecule has 0 saturated carbocycles. The SMILES string of the molecule is CC1=CCC(C=CC(C)(C)C=O)C1(C)C. The van der Waals surface area contributed by atoms with Gasteiger partial charge in [-0.15, -0.1) is 0 Å². The molecule has 15 heavy (non-hydrogen) atoms. The predicted molar refractivity (Wildman–Crippen MR) is 64.6 cm³/mol. The molecule has 0 spiro atoms. The van der Waals surface area contributed by atoms with Crippen LogP contribution in [0.1, 0.15) is 41.0 Å². The van der Waals surface area contributed by atoms with Gasteiger partial charge in [0, 0.05) is 5.41 Å². The molecule has 0 saturated heterocycles. The van der Waals surface area contributed by atoms with E-state index >= 15 is 0 Å². The van der Waals surface area contributed by atoms with E-state index in [9.17, 15) is 4.79 Å². The summed E-state index contributed by atoms with van der Waals surface area (Å²) in [6.07, 6.45) is 8.67. The molecule has 84 valence electrons. The predicted octanol–water partition coefficient (Wildman–Crippen LogP) is 3.76. The zero-order chi connectivity index (χ0) is 11.7. The Balaban J connectivity index is 2.75. The van der Waals surface area contributed by atoms with Crippen LogP contribution in [0.5, 0.6) is 0 Å². The van der Waals surface area contributed by atoms with Crippen molar-refractivity contribution in [1.29, 1.82) is 0 Å². The Morgan fingerprint density at radius 2 is 2.07 bits per heavy atom. The summed E-state index contributed by atoms with van der Waals surface area (Å²) >= 11 is 0. The maximum Gasteiger partial charge on any atom is 0.129 e. The first-order valence-electron chi connectivity index (χ1n) is 5.62. The maximum atomic E-state index is 10.8. The monoisotopic (exact) mass is 206 g/mol. The van der Waals surface area contributed by atoms with Gasteiger partial charge in [-0.2, -0.15) is 0 Å². The lowest BCUT2D eigenvalue weighted by Crippen LogP contribution is -2.19. The highest BCUT2D eigenvalue weighted by molar-refractivity contribution is 5.61. The molecule has 0 aliphatic heterocycles. The molecule has 1 rings (SSSR count). The molecule has 0 N–H and O–H groups in total. The molecule has 0 radical (unpaired) electrons. The van der Waals surface area contributed by atoms with Crippen LogP contribution in [0, 0.1) is 16.7 Å². The average Bonchev–Trinajstić information content (AvgIpc) is 2.40.